The van der Waals surface area contributed by atoms with Crippen molar-refractivity contribution < 1.29 is 9.59 Å². The number of nitrogens with one attached hydrogen (secondary N) is 2. The van der Waals surface area contributed by atoms with Crippen LogP contribution >= 0.6 is 27.7 Å². The largest absolute Gasteiger partial charge is 0.329 e. The third-order valence-corrected chi connectivity index (χ3v) is 4.26. The maximum atomic E-state index is 11.8. The predicted octanol–water partition coefficient (Wildman–Crippen LogP) is 3.26. The molecule has 0 radical (unpaired) electrons. The molecule has 7 heteroatoms. The summed E-state index contributed by atoms with van der Waals surface area (Å²) in [7, 11) is 0. The van der Waals surface area contributed by atoms with Crippen LogP contribution in [0, 0.1) is 0 Å². The topological polar surface area (TPSA) is 70.6 Å². The Bertz CT molecular complexity index is 732. The molecule has 2 aromatic rings. The maximum absolute atomic E-state index is 11.8. The second kappa shape index (κ2) is 8.50. The molecule has 0 unspecified atom stereocenters. The van der Waals surface area contributed by atoms with Gasteiger partial charge in [0.2, 0.25) is 0 Å². The number of hydrazone groups is 1. The molecule has 0 spiro atoms. The average molecular weight is 392 g/mol. The van der Waals surface area contributed by atoms with Crippen LogP contribution in [-0.2, 0) is 9.59 Å². The highest BCUT2D eigenvalue weighted by atomic mass is 79.9. The summed E-state index contributed by atoms with van der Waals surface area (Å²) in [5.74, 6) is -1.62. The quantitative estimate of drug-likeness (QED) is 0.363. The monoisotopic (exact) mass is 391 g/mol. The second-order valence-electron chi connectivity index (χ2n) is 4.41. The van der Waals surface area contributed by atoms with E-state index in [-0.39, 0.29) is 0 Å². The summed E-state index contributed by atoms with van der Waals surface area (Å²) < 4.78 is 0.693. The van der Waals surface area contributed by atoms with E-state index in [9.17, 15) is 9.59 Å². The Morgan fingerprint density at radius 3 is 2.43 bits per heavy atom. The fourth-order valence-electron chi connectivity index (χ4n) is 1.65. The number of hydrogen-bond donors (Lipinski definition) is 2. The molecule has 118 valence electrons. The number of anilines is 1. The smallest absolute Gasteiger partial charge is 0.317 e. The van der Waals surface area contributed by atoms with Crippen LogP contribution in [0.1, 0.15) is 5.56 Å². The zero-order chi connectivity index (χ0) is 16.7. The van der Waals surface area contributed by atoms with Gasteiger partial charge in [-0.2, -0.15) is 5.10 Å². The Kier molecular flexibility index (Phi) is 6.37. The fraction of sp³-hybridized carbons (Fsp3) is 0.0625. The molecule has 2 amide bonds. The Morgan fingerprint density at radius 2 is 1.78 bits per heavy atom. The van der Waals surface area contributed by atoms with Crippen molar-refractivity contribution in [2.45, 2.75) is 4.90 Å². The molecule has 0 bridgehead atoms. The number of benzene rings is 2. The van der Waals surface area contributed by atoms with Crippen molar-refractivity contribution in [2.24, 2.45) is 5.10 Å². The van der Waals surface area contributed by atoms with Crippen LogP contribution in [0.5, 0.6) is 0 Å². The Balaban J connectivity index is 1.89. The SMILES string of the molecule is CSc1ccc(/C=N\NC(=O)C(=O)Nc2ccccc2Br)cc1. The van der Waals surface area contributed by atoms with Gasteiger partial charge in [-0.25, -0.2) is 5.43 Å². The molecule has 0 heterocycles. The third kappa shape index (κ3) is 5.22. The normalized spacial score (nSPS) is 10.5. The third-order valence-electron chi connectivity index (χ3n) is 2.82. The van der Waals surface area contributed by atoms with Crippen LogP contribution in [0.2, 0.25) is 0 Å². The number of thioether (sulfide) groups is 1. The lowest BCUT2D eigenvalue weighted by Crippen LogP contribution is -2.32. The van der Waals surface area contributed by atoms with Crippen molar-refractivity contribution in [3.8, 4) is 0 Å². The number of rotatable bonds is 4. The van der Waals surface area contributed by atoms with Gasteiger partial charge in [-0.05, 0) is 52.0 Å². The fourth-order valence-corrected chi connectivity index (χ4v) is 2.44. The molecule has 2 aromatic carbocycles. The number of hydrogen-bond acceptors (Lipinski definition) is 4. The number of amides is 2. The van der Waals surface area contributed by atoms with Crippen LogP contribution in [0.25, 0.3) is 0 Å². The van der Waals surface area contributed by atoms with Gasteiger partial charge in [0.15, 0.2) is 0 Å². The first-order chi connectivity index (χ1) is 11.1. The highest BCUT2D eigenvalue weighted by Crippen LogP contribution is 2.20. The molecule has 0 aliphatic carbocycles. The molecule has 0 aromatic heterocycles. The maximum Gasteiger partial charge on any atom is 0.329 e. The van der Waals surface area contributed by atoms with Crippen molar-refractivity contribution in [3.63, 3.8) is 0 Å². The van der Waals surface area contributed by atoms with Gasteiger partial charge in [0.05, 0.1) is 11.9 Å². The summed E-state index contributed by atoms with van der Waals surface area (Å²) in [6.07, 6.45) is 3.47. The van der Waals surface area contributed by atoms with Gasteiger partial charge in [0.25, 0.3) is 0 Å². The summed E-state index contributed by atoms with van der Waals surface area (Å²) in [6, 6.07) is 14.7. The summed E-state index contributed by atoms with van der Waals surface area (Å²) in [6.45, 7) is 0. The van der Waals surface area contributed by atoms with Crippen molar-refractivity contribution >= 4 is 51.4 Å². The van der Waals surface area contributed by atoms with Crippen LogP contribution in [0.15, 0.2) is 63.0 Å². The van der Waals surface area contributed by atoms with E-state index in [4.69, 9.17) is 0 Å². The molecular formula is C16H14BrN3O2S. The lowest BCUT2D eigenvalue weighted by Gasteiger charge is -2.05. The Hall–Kier alpha value is -2.12. The van der Waals surface area contributed by atoms with Gasteiger partial charge in [-0.3, -0.25) is 9.59 Å². The van der Waals surface area contributed by atoms with Gasteiger partial charge < -0.3 is 5.32 Å². The van der Waals surface area contributed by atoms with Gasteiger partial charge in [0.1, 0.15) is 0 Å². The molecule has 2 N–H and O–H groups in total. The van der Waals surface area contributed by atoms with E-state index in [0.717, 1.165) is 10.5 Å². The summed E-state index contributed by atoms with van der Waals surface area (Å²) in [5.41, 5.74) is 3.54. The van der Waals surface area contributed by atoms with Gasteiger partial charge >= 0.3 is 11.8 Å². The number of carbonyl (C=O) groups excluding carboxylic acids is 2. The highest BCUT2D eigenvalue weighted by Gasteiger charge is 2.13. The standard InChI is InChI=1S/C16H14BrN3O2S/c1-23-12-8-6-11(7-9-12)10-18-20-16(22)15(21)19-14-5-3-2-4-13(14)17/h2-10H,1H3,(H,19,21)(H,20,22)/b18-10-. The first-order valence-corrected chi connectivity index (χ1v) is 8.65. The molecule has 0 aliphatic heterocycles. The first kappa shape index (κ1) is 17.2. The van der Waals surface area contributed by atoms with Crippen LogP contribution < -0.4 is 10.7 Å². The molecule has 0 saturated carbocycles. The minimum atomic E-state index is -0.835. The van der Waals surface area contributed by atoms with Crippen molar-refractivity contribution in [1.82, 2.24) is 5.43 Å². The van der Waals surface area contributed by atoms with Crippen LogP contribution in [0.3, 0.4) is 0 Å². The van der Waals surface area contributed by atoms with Gasteiger partial charge in [-0.15, -0.1) is 11.8 Å². The van der Waals surface area contributed by atoms with Crippen LogP contribution in [0.4, 0.5) is 5.69 Å². The van der Waals surface area contributed by atoms with E-state index in [1.54, 1.807) is 30.0 Å². The molecule has 0 fully saturated rings. The number of nitrogens with zero attached hydrogens (tertiary/aromatic N) is 1. The lowest BCUT2D eigenvalue weighted by molar-refractivity contribution is -0.136. The highest BCUT2D eigenvalue weighted by molar-refractivity contribution is 9.10. The average Bonchev–Trinajstić information content (AvgIpc) is 2.57. The van der Waals surface area contributed by atoms with Crippen molar-refractivity contribution in [3.05, 3.63) is 58.6 Å². The van der Waals surface area contributed by atoms with Gasteiger partial charge in [-0.1, -0.05) is 24.3 Å². The lowest BCUT2D eigenvalue weighted by atomic mass is 10.2. The zero-order valence-corrected chi connectivity index (χ0v) is 14.6. The summed E-state index contributed by atoms with van der Waals surface area (Å²) in [4.78, 5) is 24.6. The van der Waals surface area contributed by atoms with Crippen LogP contribution in [-0.4, -0.2) is 24.3 Å². The Labute approximate surface area is 146 Å². The van der Waals surface area contributed by atoms with Crippen molar-refractivity contribution in [1.29, 1.82) is 0 Å². The summed E-state index contributed by atoms with van der Waals surface area (Å²) in [5, 5.41) is 6.28. The van der Waals surface area contributed by atoms with E-state index in [0.29, 0.717) is 10.2 Å². The number of halogens is 1. The minimum absolute atomic E-state index is 0.518. The van der Waals surface area contributed by atoms with E-state index in [1.165, 1.54) is 6.21 Å². The van der Waals surface area contributed by atoms with E-state index < -0.39 is 11.8 Å². The molecule has 0 atom stereocenters. The number of para-hydroxylation sites is 1. The summed E-state index contributed by atoms with van der Waals surface area (Å²) >= 11 is 4.93. The van der Waals surface area contributed by atoms with E-state index in [1.807, 2.05) is 36.6 Å². The molecule has 0 aliphatic rings. The molecule has 0 saturated heterocycles. The predicted molar refractivity (Wildman–Crippen MR) is 96.7 cm³/mol. The second-order valence-corrected chi connectivity index (χ2v) is 6.14. The van der Waals surface area contributed by atoms with E-state index >= 15 is 0 Å². The molecule has 5 nitrogen and oxygen atoms in total. The molecular weight excluding hydrogens is 378 g/mol. The number of carbonyl (C=O) groups is 2. The first-order valence-electron chi connectivity index (χ1n) is 6.63. The van der Waals surface area contributed by atoms with Crippen molar-refractivity contribution in [2.75, 3.05) is 11.6 Å². The van der Waals surface area contributed by atoms with E-state index in [2.05, 4.69) is 31.8 Å². The van der Waals surface area contributed by atoms with Gasteiger partial charge in [0, 0.05) is 9.37 Å². The molecule has 23 heavy (non-hydrogen) atoms. The zero-order valence-electron chi connectivity index (χ0n) is 12.2. The minimum Gasteiger partial charge on any atom is -0.317 e. The molecule has 2 rings (SSSR count). The Morgan fingerprint density at radius 1 is 1.09 bits per heavy atom.